The van der Waals surface area contributed by atoms with Gasteiger partial charge in [0.25, 0.3) is 0 Å². The Morgan fingerprint density at radius 2 is 2.11 bits per heavy atom. The molecule has 98 valence electrons. The monoisotopic (exact) mass is 248 g/mol. The molecule has 2 rings (SSSR count). The van der Waals surface area contributed by atoms with E-state index in [0.29, 0.717) is 18.8 Å². The Labute approximate surface area is 108 Å². The van der Waals surface area contributed by atoms with Gasteiger partial charge >= 0.3 is 0 Å². The van der Waals surface area contributed by atoms with Crippen LogP contribution in [-0.4, -0.2) is 24.6 Å². The molecule has 1 aromatic rings. The van der Waals surface area contributed by atoms with E-state index in [9.17, 15) is 4.79 Å². The van der Waals surface area contributed by atoms with Crippen LogP contribution in [0.2, 0.25) is 0 Å². The van der Waals surface area contributed by atoms with Gasteiger partial charge in [0.2, 0.25) is 0 Å². The Hall–Kier alpha value is -1.35. The molecule has 18 heavy (non-hydrogen) atoms. The van der Waals surface area contributed by atoms with Gasteiger partial charge in [0.15, 0.2) is 5.78 Å². The minimum absolute atomic E-state index is 0.0713. The summed E-state index contributed by atoms with van der Waals surface area (Å²) in [6.45, 7) is 5.33. The maximum Gasteiger partial charge on any atom is 0.194 e. The third-order valence-electron chi connectivity index (χ3n) is 3.29. The van der Waals surface area contributed by atoms with Crippen LogP contribution >= 0.6 is 0 Å². The van der Waals surface area contributed by atoms with Crippen LogP contribution in [0.5, 0.6) is 5.75 Å². The summed E-state index contributed by atoms with van der Waals surface area (Å²) in [6, 6.07) is 7.34. The lowest BCUT2D eigenvalue weighted by Gasteiger charge is -2.21. The summed E-state index contributed by atoms with van der Waals surface area (Å²) in [6.07, 6.45) is 2.74. The van der Waals surface area contributed by atoms with Crippen LogP contribution in [-0.2, 0) is 4.74 Å². The summed E-state index contributed by atoms with van der Waals surface area (Å²) in [5, 5.41) is 0. The highest BCUT2D eigenvalue weighted by Crippen LogP contribution is 2.29. The minimum Gasteiger partial charge on any atom is -0.494 e. The smallest absolute Gasteiger partial charge is 0.194 e. The number of carbonyl (C=O) groups excluding carboxylic acids is 1. The molecule has 0 spiro atoms. The van der Waals surface area contributed by atoms with Gasteiger partial charge in [-0.1, -0.05) is 6.92 Å². The molecule has 0 aliphatic carbocycles. The van der Waals surface area contributed by atoms with Gasteiger partial charge in [-0.3, -0.25) is 4.79 Å². The second-order valence-electron chi connectivity index (χ2n) is 4.88. The first kappa shape index (κ1) is 13.1. The second kappa shape index (κ2) is 5.53. The molecule has 0 amide bonds. The van der Waals surface area contributed by atoms with Crippen LogP contribution in [0.3, 0.4) is 0 Å². The van der Waals surface area contributed by atoms with Crippen molar-refractivity contribution in [3.05, 3.63) is 29.8 Å². The van der Waals surface area contributed by atoms with Crippen molar-refractivity contribution in [2.24, 2.45) is 0 Å². The van der Waals surface area contributed by atoms with E-state index in [1.54, 1.807) is 0 Å². The van der Waals surface area contributed by atoms with Gasteiger partial charge in [0.1, 0.15) is 11.4 Å². The largest absolute Gasteiger partial charge is 0.494 e. The Balaban J connectivity index is 2.07. The van der Waals surface area contributed by atoms with Crippen molar-refractivity contribution < 1.29 is 14.3 Å². The molecule has 0 saturated carbocycles. The van der Waals surface area contributed by atoms with E-state index in [2.05, 4.69) is 6.92 Å². The van der Waals surface area contributed by atoms with Gasteiger partial charge in [-0.05, 0) is 50.5 Å². The fraction of sp³-hybridized carbons (Fsp3) is 0.533. The molecule has 0 N–H and O–H groups in total. The number of hydrogen-bond donors (Lipinski definition) is 0. The summed E-state index contributed by atoms with van der Waals surface area (Å²) < 4.78 is 11.1. The van der Waals surface area contributed by atoms with Gasteiger partial charge in [-0.25, -0.2) is 0 Å². The first-order valence-electron chi connectivity index (χ1n) is 6.57. The van der Waals surface area contributed by atoms with Crippen molar-refractivity contribution in [2.75, 3.05) is 13.2 Å². The molecule has 3 heteroatoms. The van der Waals surface area contributed by atoms with Crippen molar-refractivity contribution in [2.45, 2.75) is 38.7 Å². The lowest BCUT2D eigenvalue weighted by molar-refractivity contribution is 0.0213. The summed E-state index contributed by atoms with van der Waals surface area (Å²) in [7, 11) is 0. The standard InChI is InChI=1S/C15H20O3/c1-3-10-17-13-7-5-12(6-8-13)14(16)15(2)9-4-11-18-15/h5-8H,3-4,9-11H2,1-2H3. The SMILES string of the molecule is CCCOc1ccc(C(=O)C2(C)CCCO2)cc1. The molecule has 1 atom stereocenters. The lowest BCUT2D eigenvalue weighted by atomic mass is 9.92. The quantitative estimate of drug-likeness (QED) is 0.750. The van der Waals surface area contributed by atoms with Gasteiger partial charge < -0.3 is 9.47 Å². The third kappa shape index (κ3) is 2.72. The Kier molecular flexibility index (Phi) is 4.02. The highest BCUT2D eigenvalue weighted by Gasteiger charge is 2.37. The molecule has 1 unspecified atom stereocenters. The number of Topliss-reactive ketones (excluding diaryl/α,β-unsaturated/α-hetero) is 1. The first-order chi connectivity index (χ1) is 8.65. The summed E-state index contributed by atoms with van der Waals surface area (Å²) in [5.74, 6) is 0.882. The number of carbonyl (C=O) groups is 1. The zero-order valence-electron chi connectivity index (χ0n) is 11.1. The molecule has 0 radical (unpaired) electrons. The molecule has 0 aromatic heterocycles. The predicted molar refractivity (Wildman–Crippen MR) is 70.1 cm³/mol. The minimum atomic E-state index is -0.633. The van der Waals surface area contributed by atoms with Crippen molar-refractivity contribution in [1.82, 2.24) is 0 Å². The Bertz CT molecular complexity index is 402. The van der Waals surface area contributed by atoms with Crippen LogP contribution < -0.4 is 4.74 Å². The molecule has 1 aliphatic rings. The molecule has 1 heterocycles. The fourth-order valence-corrected chi connectivity index (χ4v) is 2.19. The normalized spacial score (nSPS) is 23.0. The molecule has 1 aromatic carbocycles. The van der Waals surface area contributed by atoms with E-state index in [1.165, 1.54) is 0 Å². The van der Waals surface area contributed by atoms with Gasteiger partial charge in [0, 0.05) is 12.2 Å². The highest BCUT2D eigenvalue weighted by atomic mass is 16.5. The number of benzene rings is 1. The molecule has 1 fully saturated rings. The average Bonchev–Trinajstić information content (AvgIpc) is 2.84. The van der Waals surface area contributed by atoms with Crippen molar-refractivity contribution in [3.63, 3.8) is 0 Å². The van der Waals surface area contributed by atoms with E-state index < -0.39 is 5.60 Å². The zero-order valence-corrected chi connectivity index (χ0v) is 11.1. The third-order valence-corrected chi connectivity index (χ3v) is 3.29. The van der Waals surface area contributed by atoms with E-state index >= 15 is 0 Å². The highest BCUT2D eigenvalue weighted by molar-refractivity contribution is 6.02. The molecule has 1 saturated heterocycles. The molecule has 0 bridgehead atoms. The summed E-state index contributed by atoms with van der Waals surface area (Å²) in [4.78, 5) is 12.3. The topological polar surface area (TPSA) is 35.5 Å². The van der Waals surface area contributed by atoms with Gasteiger partial charge in [0.05, 0.1) is 6.61 Å². The summed E-state index contributed by atoms with van der Waals surface area (Å²) >= 11 is 0. The second-order valence-corrected chi connectivity index (χ2v) is 4.88. The van der Waals surface area contributed by atoms with E-state index in [4.69, 9.17) is 9.47 Å². The van der Waals surface area contributed by atoms with Crippen LogP contribution in [0.15, 0.2) is 24.3 Å². The van der Waals surface area contributed by atoms with Crippen LogP contribution in [0.4, 0.5) is 0 Å². The van der Waals surface area contributed by atoms with Gasteiger partial charge in [-0.15, -0.1) is 0 Å². The molecule has 1 aliphatic heterocycles. The van der Waals surface area contributed by atoms with E-state index in [1.807, 2.05) is 31.2 Å². The average molecular weight is 248 g/mol. The van der Waals surface area contributed by atoms with Gasteiger partial charge in [-0.2, -0.15) is 0 Å². The molecular weight excluding hydrogens is 228 g/mol. The van der Waals surface area contributed by atoms with Crippen molar-refractivity contribution in [1.29, 1.82) is 0 Å². The predicted octanol–water partition coefficient (Wildman–Crippen LogP) is 3.23. The van der Waals surface area contributed by atoms with E-state index in [-0.39, 0.29) is 5.78 Å². The van der Waals surface area contributed by atoms with E-state index in [0.717, 1.165) is 25.0 Å². The maximum atomic E-state index is 12.3. The zero-order chi connectivity index (χ0) is 13.0. The fourth-order valence-electron chi connectivity index (χ4n) is 2.19. The van der Waals surface area contributed by atoms with Crippen LogP contribution in [0, 0.1) is 0 Å². The summed E-state index contributed by atoms with van der Waals surface area (Å²) in [5.41, 5.74) is 0.0643. The molecule has 3 nitrogen and oxygen atoms in total. The maximum absolute atomic E-state index is 12.3. The number of hydrogen-bond acceptors (Lipinski definition) is 3. The number of ketones is 1. The Morgan fingerprint density at radius 3 is 2.67 bits per heavy atom. The number of ether oxygens (including phenoxy) is 2. The lowest BCUT2D eigenvalue weighted by Crippen LogP contribution is -2.34. The van der Waals surface area contributed by atoms with Crippen LogP contribution in [0.1, 0.15) is 43.5 Å². The number of rotatable bonds is 5. The Morgan fingerprint density at radius 1 is 1.39 bits per heavy atom. The molecular formula is C15H20O3. The van der Waals surface area contributed by atoms with Crippen molar-refractivity contribution >= 4 is 5.78 Å². The van der Waals surface area contributed by atoms with Crippen LogP contribution in [0.25, 0.3) is 0 Å². The van der Waals surface area contributed by atoms with Crippen molar-refractivity contribution in [3.8, 4) is 5.75 Å². The first-order valence-corrected chi connectivity index (χ1v) is 6.57.